The van der Waals surface area contributed by atoms with Crippen LogP contribution in [0.15, 0.2) is 53.3 Å². The maximum absolute atomic E-state index is 12.0. The number of benzene rings is 1. The molecule has 0 aliphatic rings. The molecule has 0 radical (unpaired) electrons. The van der Waals surface area contributed by atoms with Gasteiger partial charge in [0.25, 0.3) is 0 Å². The van der Waals surface area contributed by atoms with Crippen molar-refractivity contribution in [2.24, 2.45) is 0 Å². The number of Topliss-reactive ketones (excluding diaryl/α,β-unsaturated/α-hetero) is 1. The van der Waals surface area contributed by atoms with Gasteiger partial charge in [-0.05, 0) is 30.0 Å². The molecule has 6 heteroatoms. The van der Waals surface area contributed by atoms with Crippen molar-refractivity contribution >= 4 is 28.9 Å². The monoisotopic (exact) mass is 315 g/mol. The molecule has 2 heterocycles. The van der Waals surface area contributed by atoms with Gasteiger partial charge in [0.15, 0.2) is 10.9 Å². The molecule has 3 aromatic rings. The molecule has 0 aliphatic carbocycles. The zero-order chi connectivity index (χ0) is 14.7. The van der Waals surface area contributed by atoms with Crippen LogP contribution in [-0.4, -0.2) is 26.3 Å². The minimum absolute atomic E-state index is 0.120. The largest absolute Gasteiger partial charge is 0.292 e. The summed E-state index contributed by atoms with van der Waals surface area (Å²) in [6.45, 7) is 2.04. The Kier molecular flexibility index (Phi) is 4.17. The number of hydrogen-bond acceptors (Lipinski definition) is 5. The molecule has 0 bridgehead atoms. The first-order chi connectivity index (χ1) is 10.3. The van der Waals surface area contributed by atoms with E-state index in [4.69, 9.17) is 0 Å². The van der Waals surface area contributed by atoms with Gasteiger partial charge in [-0.2, -0.15) is 0 Å². The fourth-order valence-electron chi connectivity index (χ4n) is 1.96. The van der Waals surface area contributed by atoms with E-state index in [-0.39, 0.29) is 5.78 Å². The molecule has 0 fully saturated rings. The summed E-state index contributed by atoms with van der Waals surface area (Å²) in [4.78, 5) is 12.8. The number of carbonyl (C=O) groups excluding carboxylic acids is 1. The van der Waals surface area contributed by atoms with Gasteiger partial charge in [0.05, 0.1) is 16.3 Å². The van der Waals surface area contributed by atoms with Crippen molar-refractivity contribution in [1.82, 2.24) is 14.8 Å². The molecule has 0 amide bonds. The van der Waals surface area contributed by atoms with Gasteiger partial charge in [-0.25, -0.2) is 0 Å². The molecule has 0 saturated carbocycles. The van der Waals surface area contributed by atoms with Gasteiger partial charge in [-0.15, -0.1) is 21.5 Å². The number of aromatic nitrogens is 3. The first kappa shape index (κ1) is 14.0. The van der Waals surface area contributed by atoms with E-state index in [9.17, 15) is 4.79 Å². The zero-order valence-corrected chi connectivity index (χ0v) is 13.0. The molecular weight excluding hydrogens is 302 g/mol. The summed E-state index contributed by atoms with van der Waals surface area (Å²) >= 11 is 2.88. The van der Waals surface area contributed by atoms with E-state index >= 15 is 0 Å². The van der Waals surface area contributed by atoms with Crippen LogP contribution in [0.1, 0.15) is 15.2 Å². The van der Waals surface area contributed by atoms with E-state index in [0.29, 0.717) is 5.75 Å². The highest BCUT2D eigenvalue weighted by atomic mass is 32.2. The molecule has 0 N–H and O–H groups in total. The molecule has 3 rings (SSSR count). The Morgan fingerprint density at radius 3 is 2.90 bits per heavy atom. The predicted octanol–water partition coefficient (Wildman–Crippen LogP) is 3.61. The third-order valence-corrected chi connectivity index (χ3v) is 4.87. The molecule has 106 valence electrons. The molecule has 2 aromatic heterocycles. The smallest absolute Gasteiger partial charge is 0.196 e. The summed E-state index contributed by atoms with van der Waals surface area (Å²) in [5, 5.41) is 10.7. The quantitative estimate of drug-likeness (QED) is 0.533. The molecule has 0 saturated heterocycles. The minimum Gasteiger partial charge on any atom is -0.292 e. The van der Waals surface area contributed by atoms with Gasteiger partial charge in [0.2, 0.25) is 0 Å². The minimum atomic E-state index is 0.120. The Morgan fingerprint density at radius 1 is 1.29 bits per heavy atom. The fraction of sp³-hybridized carbons (Fsp3) is 0.133. The molecule has 4 nitrogen and oxygen atoms in total. The van der Waals surface area contributed by atoms with Crippen LogP contribution in [-0.2, 0) is 0 Å². The Balaban J connectivity index is 1.78. The van der Waals surface area contributed by atoms with Crippen molar-refractivity contribution in [2.75, 3.05) is 5.75 Å². The van der Waals surface area contributed by atoms with Gasteiger partial charge in [-0.3, -0.25) is 9.36 Å². The summed E-state index contributed by atoms with van der Waals surface area (Å²) < 4.78 is 1.92. The molecular formula is C15H13N3OS2. The Morgan fingerprint density at radius 2 is 2.14 bits per heavy atom. The predicted molar refractivity (Wildman–Crippen MR) is 85.5 cm³/mol. The molecule has 0 aliphatic heterocycles. The normalized spacial score (nSPS) is 10.7. The number of thiophene rings is 1. The number of aryl methyl sites for hydroxylation is 1. The summed E-state index contributed by atoms with van der Waals surface area (Å²) in [5.74, 6) is 0.486. The lowest BCUT2D eigenvalue weighted by atomic mass is 10.2. The number of hydrogen-bond donors (Lipinski definition) is 0. The zero-order valence-electron chi connectivity index (χ0n) is 11.4. The number of para-hydroxylation sites is 1. The Bertz CT molecular complexity index is 750. The van der Waals surface area contributed by atoms with Crippen molar-refractivity contribution in [3.63, 3.8) is 0 Å². The molecule has 0 spiro atoms. The van der Waals surface area contributed by atoms with Crippen LogP contribution in [0.2, 0.25) is 0 Å². The van der Waals surface area contributed by atoms with Gasteiger partial charge in [0.1, 0.15) is 6.33 Å². The van der Waals surface area contributed by atoms with E-state index in [0.717, 1.165) is 21.3 Å². The lowest BCUT2D eigenvalue weighted by Gasteiger charge is -2.08. The lowest BCUT2D eigenvalue weighted by Crippen LogP contribution is -2.03. The van der Waals surface area contributed by atoms with E-state index < -0.39 is 0 Å². The van der Waals surface area contributed by atoms with Gasteiger partial charge < -0.3 is 0 Å². The Labute approximate surface area is 130 Å². The number of thioether (sulfide) groups is 1. The van der Waals surface area contributed by atoms with Crippen molar-refractivity contribution < 1.29 is 4.79 Å². The third-order valence-electron chi connectivity index (χ3n) is 3.02. The SMILES string of the molecule is Cc1ccccc1-n1cnnc1SCC(=O)c1cccs1. The molecule has 21 heavy (non-hydrogen) atoms. The van der Waals surface area contributed by atoms with Gasteiger partial charge >= 0.3 is 0 Å². The molecule has 0 atom stereocenters. The van der Waals surface area contributed by atoms with Crippen LogP contribution in [0.5, 0.6) is 0 Å². The second kappa shape index (κ2) is 6.24. The van der Waals surface area contributed by atoms with Crippen LogP contribution in [0.4, 0.5) is 0 Å². The summed E-state index contributed by atoms with van der Waals surface area (Å²) in [6, 6.07) is 11.8. The van der Waals surface area contributed by atoms with Crippen LogP contribution in [0.3, 0.4) is 0 Å². The average Bonchev–Trinajstić information content (AvgIpc) is 3.17. The molecule has 0 unspecified atom stereocenters. The maximum atomic E-state index is 12.0. The fourth-order valence-corrected chi connectivity index (χ4v) is 3.52. The van der Waals surface area contributed by atoms with Crippen molar-refractivity contribution in [2.45, 2.75) is 12.1 Å². The van der Waals surface area contributed by atoms with Crippen LogP contribution >= 0.6 is 23.1 Å². The van der Waals surface area contributed by atoms with E-state index in [1.165, 1.54) is 23.1 Å². The topological polar surface area (TPSA) is 47.8 Å². The first-order valence-electron chi connectivity index (χ1n) is 6.41. The maximum Gasteiger partial charge on any atom is 0.196 e. The average molecular weight is 315 g/mol. The highest BCUT2D eigenvalue weighted by molar-refractivity contribution is 7.99. The third kappa shape index (κ3) is 3.06. The summed E-state index contributed by atoms with van der Waals surface area (Å²) in [7, 11) is 0. The second-order valence-corrected chi connectivity index (χ2v) is 6.35. The number of nitrogens with zero attached hydrogens (tertiary/aromatic N) is 3. The summed E-state index contributed by atoms with van der Waals surface area (Å²) in [5.41, 5.74) is 2.18. The number of rotatable bonds is 5. The highest BCUT2D eigenvalue weighted by Gasteiger charge is 2.12. The van der Waals surface area contributed by atoms with Crippen LogP contribution in [0.25, 0.3) is 5.69 Å². The Hall–Kier alpha value is -1.92. The number of carbonyl (C=O) groups is 1. The number of ketones is 1. The molecule has 1 aromatic carbocycles. The highest BCUT2D eigenvalue weighted by Crippen LogP contribution is 2.23. The first-order valence-corrected chi connectivity index (χ1v) is 8.28. The van der Waals surface area contributed by atoms with Gasteiger partial charge in [0, 0.05) is 0 Å². The van der Waals surface area contributed by atoms with Crippen molar-refractivity contribution in [3.8, 4) is 5.69 Å². The van der Waals surface area contributed by atoms with Crippen LogP contribution in [0, 0.1) is 6.92 Å². The van der Waals surface area contributed by atoms with Crippen LogP contribution < -0.4 is 0 Å². The van der Waals surface area contributed by atoms with E-state index in [1.807, 2.05) is 53.3 Å². The van der Waals surface area contributed by atoms with E-state index in [1.54, 1.807) is 6.33 Å². The van der Waals surface area contributed by atoms with Crippen molar-refractivity contribution in [3.05, 3.63) is 58.5 Å². The van der Waals surface area contributed by atoms with Gasteiger partial charge in [-0.1, -0.05) is 36.0 Å². The lowest BCUT2D eigenvalue weighted by molar-refractivity contribution is 0.102. The second-order valence-electron chi connectivity index (χ2n) is 4.46. The van der Waals surface area contributed by atoms with E-state index in [2.05, 4.69) is 10.2 Å². The summed E-state index contributed by atoms with van der Waals surface area (Å²) in [6.07, 6.45) is 1.68. The van der Waals surface area contributed by atoms with Crippen molar-refractivity contribution in [1.29, 1.82) is 0 Å². The standard InChI is InChI=1S/C15H13N3OS2/c1-11-5-2-3-6-12(11)18-10-16-17-15(18)21-9-13(19)14-7-4-8-20-14/h2-8,10H,9H2,1H3.